The first kappa shape index (κ1) is 11.7. The number of carbonyl (C=O) groups is 1. The molecule has 72 valence electrons. The molecule has 0 aromatic heterocycles. The summed E-state index contributed by atoms with van der Waals surface area (Å²) in [6, 6.07) is 0. The van der Waals surface area contributed by atoms with E-state index in [1.165, 1.54) is 6.92 Å². The van der Waals surface area contributed by atoms with Crippen molar-refractivity contribution >= 4 is 14.1 Å². The summed E-state index contributed by atoms with van der Waals surface area (Å²) in [6.45, 7) is 0.866. The third-order valence-electron chi connectivity index (χ3n) is 1.24. The Bertz CT molecular complexity index is 186. The largest absolute Gasteiger partial charge is 0.469 e. The molecule has 0 amide bonds. The number of phosphoric ester groups is 1. The van der Waals surface area contributed by atoms with Crippen LogP contribution >= 0.6 is 7.82 Å². The SMILES string of the molecule is CC(C=O)C(O)COP(=O)(O)O. The summed E-state index contributed by atoms with van der Waals surface area (Å²) in [5.74, 6) is -0.698. The Balaban J connectivity index is 3.79. The fraction of sp³-hybridized carbons (Fsp3) is 0.800. The first-order valence-corrected chi connectivity index (χ1v) is 4.73. The second kappa shape index (κ2) is 4.69. The molecule has 7 heteroatoms. The quantitative estimate of drug-likeness (QED) is 0.398. The zero-order chi connectivity index (χ0) is 9.78. The van der Waals surface area contributed by atoms with Crippen LogP contribution in [0.15, 0.2) is 0 Å². The number of phosphoric acid groups is 1. The van der Waals surface area contributed by atoms with E-state index >= 15 is 0 Å². The second-order valence-corrected chi connectivity index (χ2v) is 3.59. The van der Waals surface area contributed by atoms with Crippen LogP contribution in [0, 0.1) is 5.92 Å². The molecule has 2 unspecified atom stereocenters. The van der Waals surface area contributed by atoms with Crippen LogP contribution in [0.5, 0.6) is 0 Å². The van der Waals surface area contributed by atoms with Crippen molar-refractivity contribution in [1.29, 1.82) is 0 Å². The van der Waals surface area contributed by atoms with Gasteiger partial charge in [0, 0.05) is 5.92 Å². The molecule has 0 heterocycles. The van der Waals surface area contributed by atoms with Gasteiger partial charge in [-0.3, -0.25) is 4.52 Å². The highest BCUT2D eigenvalue weighted by Crippen LogP contribution is 2.35. The Hall–Kier alpha value is -0.260. The Kier molecular flexibility index (Phi) is 4.59. The molecule has 0 aliphatic heterocycles. The van der Waals surface area contributed by atoms with Gasteiger partial charge in [-0.25, -0.2) is 4.57 Å². The zero-order valence-corrected chi connectivity index (χ0v) is 7.35. The molecular formula is C5H11O6P. The summed E-state index contributed by atoms with van der Waals surface area (Å²) in [7, 11) is -4.55. The molecule has 0 fully saturated rings. The van der Waals surface area contributed by atoms with Gasteiger partial charge in [0.1, 0.15) is 6.29 Å². The van der Waals surface area contributed by atoms with Crippen molar-refractivity contribution in [2.75, 3.05) is 6.61 Å². The fourth-order valence-corrected chi connectivity index (χ4v) is 0.763. The van der Waals surface area contributed by atoms with Crippen LogP contribution in [0.25, 0.3) is 0 Å². The van der Waals surface area contributed by atoms with Crippen molar-refractivity contribution < 1.29 is 28.8 Å². The van der Waals surface area contributed by atoms with Gasteiger partial charge >= 0.3 is 7.82 Å². The van der Waals surface area contributed by atoms with Crippen molar-refractivity contribution in [2.45, 2.75) is 13.0 Å². The van der Waals surface area contributed by atoms with Crippen molar-refractivity contribution in [3.63, 3.8) is 0 Å². The van der Waals surface area contributed by atoms with Gasteiger partial charge in [0.05, 0.1) is 12.7 Å². The van der Waals surface area contributed by atoms with E-state index in [2.05, 4.69) is 4.52 Å². The van der Waals surface area contributed by atoms with Gasteiger partial charge in [-0.2, -0.15) is 0 Å². The van der Waals surface area contributed by atoms with Gasteiger partial charge in [0.15, 0.2) is 0 Å². The van der Waals surface area contributed by atoms with E-state index in [0.29, 0.717) is 6.29 Å². The molecule has 0 aromatic carbocycles. The third kappa shape index (κ3) is 5.40. The minimum atomic E-state index is -4.55. The molecule has 0 spiro atoms. The van der Waals surface area contributed by atoms with E-state index in [-0.39, 0.29) is 0 Å². The number of hydrogen-bond donors (Lipinski definition) is 3. The van der Waals surface area contributed by atoms with Crippen LogP contribution in [0.1, 0.15) is 6.92 Å². The lowest BCUT2D eigenvalue weighted by atomic mass is 10.1. The van der Waals surface area contributed by atoms with Crippen LogP contribution in [-0.4, -0.2) is 33.9 Å². The smallest absolute Gasteiger partial charge is 0.390 e. The van der Waals surface area contributed by atoms with E-state index in [0.717, 1.165) is 0 Å². The molecule has 12 heavy (non-hydrogen) atoms. The molecule has 0 saturated heterocycles. The molecule has 0 rings (SSSR count). The number of aliphatic hydroxyl groups excluding tert-OH is 1. The van der Waals surface area contributed by atoms with E-state index in [1.807, 2.05) is 0 Å². The minimum absolute atomic E-state index is 0.480. The Morgan fingerprint density at radius 3 is 2.42 bits per heavy atom. The molecule has 0 bridgehead atoms. The van der Waals surface area contributed by atoms with E-state index in [4.69, 9.17) is 14.9 Å². The van der Waals surface area contributed by atoms with E-state index < -0.39 is 26.5 Å². The average molecular weight is 198 g/mol. The van der Waals surface area contributed by atoms with Crippen molar-refractivity contribution in [2.24, 2.45) is 5.92 Å². The molecule has 0 saturated carbocycles. The lowest BCUT2D eigenvalue weighted by molar-refractivity contribution is -0.114. The van der Waals surface area contributed by atoms with Gasteiger partial charge < -0.3 is 19.7 Å². The molecule has 3 N–H and O–H groups in total. The summed E-state index contributed by atoms with van der Waals surface area (Å²) in [5, 5.41) is 8.98. The lowest BCUT2D eigenvalue weighted by Crippen LogP contribution is -2.23. The predicted octanol–water partition coefficient (Wildman–Crippen LogP) is -0.708. The van der Waals surface area contributed by atoms with Crippen molar-refractivity contribution in [3.05, 3.63) is 0 Å². The molecule has 6 nitrogen and oxygen atoms in total. The lowest BCUT2D eigenvalue weighted by Gasteiger charge is -2.13. The van der Waals surface area contributed by atoms with Crippen LogP contribution < -0.4 is 0 Å². The maximum atomic E-state index is 10.1. The van der Waals surface area contributed by atoms with Crippen LogP contribution in [0.3, 0.4) is 0 Å². The second-order valence-electron chi connectivity index (χ2n) is 2.35. The molecule has 0 aliphatic carbocycles. The van der Waals surface area contributed by atoms with Gasteiger partial charge in [-0.1, -0.05) is 6.92 Å². The van der Waals surface area contributed by atoms with Crippen LogP contribution in [0.4, 0.5) is 0 Å². The normalized spacial score (nSPS) is 17.0. The summed E-state index contributed by atoms with van der Waals surface area (Å²) in [6.07, 6.45) is -0.705. The zero-order valence-electron chi connectivity index (χ0n) is 6.45. The number of hydrogen-bond acceptors (Lipinski definition) is 4. The molecule has 2 atom stereocenters. The van der Waals surface area contributed by atoms with Gasteiger partial charge in [-0.15, -0.1) is 0 Å². The summed E-state index contributed by atoms with van der Waals surface area (Å²) in [5.41, 5.74) is 0. The van der Waals surface area contributed by atoms with Crippen molar-refractivity contribution in [1.82, 2.24) is 0 Å². The van der Waals surface area contributed by atoms with Crippen molar-refractivity contribution in [3.8, 4) is 0 Å². The summed E-state index contributed by atoms with van der Waals surface area (Å²) < 4.78 is 14.1. The maximum Gasteiger partial charge on any atom is 0.469 e. The third-order valence-corrected chi connectivity index (χ3v) is 1.72. The molecule has 0 aliphatic rings. The Labute approximate surface area is 69.4 Å². The monoisotopic (exact) mass is 198 g/mol. The fourth-order valence-electron chi connectivity index (χ4n) is 0.416. The van der Waals surface area contributed by atoms with E-state index in [9.17, 15) is 9.36 Å². The maximum absolute atomic E-state index is 10.1. The van der Waals surface area contributed by atoms with Gasteiger partial charge in [0.2, 0.25) is 0 Å². The summed E-state index contributed by atoms with van der Waals surface area (Å²) in [4.78, 5) is 26.5. The first-order chi connectivity index (χ1) is 5.37. The summed E-state index contributed by atoms with van der Waals surface area (Å²) >= 11 is 0. The highest BCUT2D eigenvalue weighted by atomic mass is 31.2. The first-order valence-electron chi connectivity index (χ1n) is 3.20. The number of carbonyl (C=O) groups excluding carboxylic acids is 1. The Morgan fingerprint density at radius 1 is 1.58 bits per heavy atom. The molecular weight excluding hydrogens is 187 g/mol. The van der Waals surface area contributed by atoms with Crippen LogP contribution in [-0.2, 0) is 13.9 Å². The Morgan fingerprint density at radius 2 is 2.08 bits per heavy atom. The number of aldehydes is 1. The minimum Gasteiger partial charge on any atom is -0.390 e. The average Bonchev–Trinajstić information content (AvgIpc) is 1.97. The predicted molar refractivity (Wildman–Crippen MR) is 39.2 cm³/mol. The molecule has 0 aromatic rings. The number of aliphatic hydroxyl groups is 1. The topological polar surface area (TPSA) is 104 Å². The highest BCUT2D eigenvalue weighted by Gasteiger charge is 2.20. The van der Waals surface area contributed by atoms with Gasteiger partial charge in [-0.05, 0) is 0 Å². The van der Waals surface area contributed by atoms with Crippen LogP contribution in [0.2, 0.25) is 0 Å². The molecule has 0 radical (unpaired) electrons. The standard InChI is InChI=1S/C5H11O6P/c1-4(2-6)5(7)3-11-12(8,9)10/h2,4-5,7H,3H2,1H3,(H2,8,9,10). The number of rotatable bonds is 5. The highest BCUT2D eigenvalue weighted by molar-refractivity contribution is 7.46. The van der Waals surface area contributed by atoms with E-state index in [1.54, 1.807) is 0 Å². The van der Waals surface area contributed by atoms with Gasteiger partial charge in [0.25, 0.3) is 0 Å².